The molecule has 0 atom stereocenters. The number of hydrogen-bond acceptors (Lipinski definition) is 12. The maximum Gasteiger partial charge on any atom is 0.0930 e. The van der Waals surface area contributed by atoms with Crippen LogP contribution in [-0.4, -0.2) is 215 Å². The monoisotopic (exact) mass is 1190 g/mol. The van der Waals surface area contributed by atoms with Crippen LogP contribution < -0.4 is 0 Å². The Balaban J connectivity index is 1.38. The molecule has 4 aromatic rings. The molecule has 0 spiro atoms. The van der Waals surface area contributed by atoms with Gasteiger partial charge in [0, 0.05) is 56.2 Å². The van der Waals surface area contributed by atoms with Crippen LogP contribution >= 0.6 is 0 Å². The minimum absolute atomic E-state index is 0.00973. The van der Waals surface area contributed by atoms with Crippen molar-refractivity contribution < 1.29 is 18.9 Å². The number of unbranched alkanes of at least 4 members (excludes halogenated alkanes) is 6. The van der Waals surface area contributed by atoms with Crippen molar-refractivity contribution in [2.24, 2.45) is 0 Å². The van der Waals surface area contributed by atoms with Gasteiger partial charge in [-0.3, -0.25) is 9.97 Å². The van der Waals surface area contributed by atoms with Crippen molar-refractivity contribution in [3.8, 4) is 33.6 Å². The van der Waals surface area contributed by atoms with E-state index in [0.29, 0.717) is 39.6 Å². The number of fused-ring (bicyclic) bond motifs is 6. The minimum atomic E-state index is -0.329. The molecular weight excluding hydrogens is 1060 g/mol. The highest BCUT2D eigenvalue weighted by atomic mass is 16.5. The second-order valence-electron chi connectivity index (χ2n) is 28.8. The van der Waals surface area contributed by atoms with E-state index in [9.17, 15) is 0 Å². The maximum absolute atomic E-state index is 6.38. The predicted octanol–water partition coefficient (Wildman–Crippen LogP) is 13.7. The van der Waals surface area contributed by atoms with Crippen molar-refractivity contribution in [3.05, 3.63) is 94.3 Å². The third-order valence-electron chi connectivity index (χ3n) is 18.6. The number of rotatable bonds is 43. The number of nitrogens with zero attached hydrogens (tertiary/aromatic N) is 8. The number of benzene rings is 2. The van der Waals surface area contributed by atoms with Gasteiger partial charge in [-0.1, -0.05) is 116 Å². The molecule has 0 radical (unpaired) electrons. The van der Waals surface area contributed by atoms with Crippen molar-refractivity contribution in [2.45, 2.75) is 166 Å². The largest absolute Gasteiger partial charge is 0.382 e. The fourth-order valence-corrected chi connectivity index (χ4v) is 13.5. The lowest BCUT2D eigenvalue weighted by atomic mass is 9.69. The van der Waals surface area contributed by atoms with E-state index in [-0.39, 0.29) is 21.7 Å². The predicted molar refractivity (Wildman–Crippen MR) is 364 cm³/mol. The van der Waals surface area contributed by atoms with E-state index >= 15 is 0 Å². The van der Waals surface area contributed by atoms with Crippen LogP contribution in [0.5, 0.6) is 0 Å². The molecule has 0 fully saturated rings. The van der Waals surface area contributed by atoms with Gasteiger partial charge >= 0.3 is 0 Å². The molecule has 0 unspecified atom stereocenters. The number of aromatic nitrogens is 2. The van der Waals surface area contributed by atoms with Crippen molar-refractivity contribution in [1.29, 1.82) is 0 Å². The highest BCUT2D eigenvalue weighted by Crippen LogP contribution is 2.57. The average Bonchev–Trinajstić information content (AvgIpc) is 1.57. The lowest BCUT2D eigenvalue weighted by Crippen LogP contribution is -2.31. The van der Waals surface area contributed by atoms with Crippen molar-refractivity contribution in [1.82, 2.24) is 39.4 Å². The summed E-state index contributed by atoms with van der Waals surface area (Å²) in [7, 11) is 21.1. The summed E-state index contributed by atoms with van der Waals surface area (Å²) >= 11 is 0. The van der Waals surface area contributed by atoms with Crippen LogP contribution in [0.1, 0.15) is 178 Å². The van der Waals surface area contributed by atoms with Gasteiger partial charge in [-0.25, -0.2) is 0 Å². The molecule has 12 heteroatoms. The van der Waals surface area contributed by atoms with E-state index < -0.39 is 0 Å². The molecule has 2 aliphatic carbocycles. The first-order chi connectivity index (χ1) is 41.1. The van der Waals surface area contributed by atoms with Gasteiger partial charge in [-0.15, -0.1) is 0 Å². The fourth-order valence-electron chi connectivity index (χ4n) is 13.5. The lowest BCUT2D eigenvalue weighted by molar-refractivity contribution is 0.0490. The normalized spacial score (nSPS) is 14.4. The van der Waals surface area contributed by atoms with Crippen molar-refractivity contribution >= 4 is 0 Å². The first-order valence-corrected chi connectivity index (χ1v) is 33.6. The highest BCUT2D eigenvalue weighted by Gasteiger charge is 2.46. The summed E-state index contributed by atoms with van der Waals surface area (Å²) in [5.41, 5.74) is 14.8. The molecule has 0 aliphatic heterocycles. The first kappa shape index (κ1) is 71.4. The topological polar surface area (TPSA) is 82.1 Å². The van der Waals surface area contributed by atoms with E-state index in [1.54, 1.807) is 14.2 Å². The highest BCUT2D eigenvalue weighted by molar-refractivity contribution is 5.85. The van der Waals surface area contributed by atoms with Gasteiger partial charge in [0.1, 0.15) is 0 Å². The second kappa shape index (κ2) is 35.1. The maximum atomic E-state index is 6.38. The second-order valence-corrected chi connectivity index (χ2v) is 28.8. The summed E-state index contributed by atoms with van der Waals surface area (Å²) in [6, 6.07) is 19.7. The standard InChI is InChI=1S/C74H122N8O4/c1-71(2,3)61-30-32-64-63-31-29-59(53-65(63)74(66(64)55-61,35-47-85-51-49-83-15)36-48-86-52-50-84-16)60-54-67-69(75-57-60)70-68(56-62(58-76-70)72(4,5)6)73(67,33-21-17-19-23-41-81(43-25-37-77(7)8)44-26-38-78(9)10)34-22-18-20-24-42-82(45-27-39-79(11)12)46-28-40-80(13)14/h29-32,53-58H,17-28,33-52H2,1-16H3. The Labute approximate surface area is 525 Å². The molecule has 482 valence electrons. The van der Waals surface area contributed by atoms with Gasteiger partial charge in [0.15, 0.2) is 0 Å². The Morgan fingerprint density at radius 3 is 1.20 bits per heavy atom. The summed E-state index contributed by atoms with van der Waals surface area (Å²) in [6.07, 6.45) is 22.8. The Kier molecular flexibility index (Phi) is 29.1. The average molecular weight is 1190 g/mol. The van der Waals surface area contributed by atoms with Crippen LogP contribution in [0, 0.1) is 0 Å². The zero-order chi connectivity index (χ0) is 62.3. The van der Waals surface area contributed by atoms with Crippen LogP contribution in [0.25, 0.3) is 33.6 Å². The first-order valence-electron chi connectivity index (χ1n) is 33.6. The smallest absolute Gasteiger partial charge is 0.0930 e. The fraction of sp³-hybridized carbons (Fsp3) is 0.703. The van der Waals surface area contributed by atoms with Gasteiger partial charge in [0.05, 0.1) is 37.8 Å². The van der Waals surface area contributed by atoms with Gasteiger partial charge < -0.3 is 48.3 Å². The number of pyridine rings is 2. The third kappa shape index (κ3) is 20.7. The van der Waals surface area contributed by atoms with E-state index in [2.05, 4.69) is 188 Å². The molecule has 0 amide bonds. The summed E-state index contributed by atoms with van der Waals surface area (Å²) in [5, 5.41) is 0. The molecule has 0 N–H and O–H groups in total. The summed E-state index contributed by atoms with van der Waals surface area (Å²) in [5.74, 6) is 0. The van der Waals surface area contributed by atoms with E-state index in [1.165, 1.54) is 172 Å². The van der Waals surface area contributed by atoms with Crippen LogP contribution in [0.3, 0.4) is 0 Å². The van der Waals surface area contributed by atoms with Crippen LogP contribution in [-0.2, 0) is 40.6 Å². The molecule has 0 bridgehead atoms. The zero-order valence-electron chi connectivity index (χ0n) is 57.6. The van der Waals surface area contributed by atoms with E-state index in [0.717, 1.165) is 63.3 Å². The number of hydrogen-bond donors (Lipinski definition) is 0. The molecule has 12 nitrogen and oxygen atoms in total. The molecule has 2 aliphatic rings. The van der Waals surface area contributed by atoms with Gasteiger partial charge in [-0.2, -0.15) is 0 Å². The molecular formula is C74H122N8O4. The number of methoxy groups -OCH3 is 2. The van der Waals surface area contributed by atoms with Crippen LogP contribution in [0.15, 0.2) is 60.9 Å². The van der Waals surface area contributed by atoms with Crippen LogP contribution in [0.2, 0.25) is 0 Å². The number of ether oxygens (including phenoxy) is 4. The molecule has 2 aromatic carbocycles. The Hall–Kier alpha value is -3.66. The Bertz CT molecular complexity index is 2520. The SMILES string of the molecule is COCCOCCC1(CCOCCOC)c2cc(-c3cnc4c(c3)C(CCCCCCN(CCCN(C)C)CCCN(C)C)(CCCCCCN(CCCN(C)C)CCCN(C)C)c3cc(C(C)(C)C)cnc3-4)ccc2-c2ccc(C(C)(C)C)cc21. The van der Waals surface area contributed by atoms with Crippen molar-refractivity contribution in [3.63, 3.8) is 0 Å². The summed E-state index contributed by atoms with van der Waals surface area (Å²) in [6.45, 7) is 29.1. The van der Waals surface area contributed by atoms with Gasteiger partial charge in [-0.05, 0) is 259 Å². The van der Waals surface area contributed by atoms with E-state index in [1.807, 2.05) is 0 Å². The van der Waals surface area contributed by atoms with Crippen LogP contribution in [0.4, 0.5) is 0 Å². The molecule has 2 heterocycles. The zero-order valence-corrected chi connectivity index (χ0v) is 57.6. The van der Waals surface area contributed by atoms with E-state index in [4.69, 9.17) is 28.9 Å². The Morgan fingerprint density at radius 1 is 0.360 bits per heavy atom. The Morgan fingerprint density at radius 2 is 0.744 bits per heavy atom. The molecule has 86 heavy (non-hydrogen) atoms. The lowest BCUT2D eigenvalue weighted by Gasteiger charge is -2.34. The van der Waals surface area contributed by atoms with Gasteiger partial charge in [0.2, 0.25) is 0 Å². The molecule has 0 saturated heterocycles. The minimum Gasteiger partial charge on any atom is -0.382 e. The van der Waals surface area contributed by atoms with Crippen molar-refractivity contribution in [2.75, 3.05) is 176 Å². The third-order valence-corrected chi connectivity index (χ3v) is 18.6. The van der Waals surface area contributed by atoms with Gasteiger partial charge in [0.25, 0.3) is 0 Å². The quantitative estimate of drug-likeness (QED) is 0.0396. The summed E-state index contributed by atoms with van der Waals surface area (Å²) in [4.78, 5) is 25.8. The summed E-state index contributed by atoms with van der Waals surface area (Å²) < 4.78 is 23.6. The molecule has 6 rings (SSSR count). The molecule has 0 saturated carbocycles. The molecule has 2 aromatic heterocycles.